The number of rotatable bonds is 1. The second-order valence-corrected chi connectivity index (χ2v) is 2.97. The molecule has 1 aromatic rings. The molecule has 0 spiro atoms. The number of aryl methyl sites for hydroxylation is 1. The van der Waals surface area contributed by atoms with Gasteiger partial charge in [0.1, 0.15) is 5.82 Å². The lowest BCUT2D eigenvalue weighted by atomic mass is 10.1. The normalized spacial score (nSPS) is 11.8. The zero-order valence-corrected chi connectivity index (χ0v) is 7.82. The Hall–Kier alpha value is -0.820. The minimum absolute atomic E-state index is 0.180. The number of allylic oxidation sites excluding steroid dienone is 1. The highest BCUT2D eigenvalue weighted by atomic mass is 35.5. The van der Waals surface area contributed by atoms with E-state index in [2.05, 4.69) is 0 Å². The summed E-state index contributed by atoms with van der Waals surface area (Å²) in [4.78, 5) is 0. The van der Waals surface area contributed by atoms with E-state index >= 15 is 0 Å². The molecule has 0 N–H and O–H groups in total. The maximum absolute atomic E-state index is 12.8. The molecule has 0 atom stereocenters. The van der Waals surface area contributed by atoms with Crippen molar-refractivity contribution in [3.05, 3.63) is 40.7 Å². The molecule has 0 nitrogen and oxygen atoms in total. The van der Waals surface area contributed by atoms with Gasteiger partial charge in [-0.15, -0.1) is 0 Å². The highest BCUT2D eigenvalue weighted by Crippen LogP contribution is 2.17. The van der Waals surface area contributed by atoms with Gasteiger partial charge in [-0.25, -0.2) is 4.39 Å². The van der Waals surface area contributed by atoms with Crippen molar-refractivity contribution in [1.82, 2.24) is 0 Å². The van der Waals surface area contributed by atoms with E-state index in [1.54, 1.807) is 19.1 Å². The van der Waals surface area contributed by atoms with Crippen LogP contribution in [0.5, 0.6) is 0 Å². The van der Waals surface area contributed by atoms with Crippen LogP contribution >= 0.6 is 11.6 Å². The topological polar surface area (TPSA) is 0 Å². The van der Waals surface area contributed by atoms with Crippen molar-refractivity contribution < 1.29 is 4.39 Å². The summed E-state index contributed by atoms with van der Waals surface area (Å²) in [5, 5.41) is 0. The third-order valence-corrected chi connectivity index (χ3v) is 2.10. The van der Waals surface area contributed by atoms with Crippen LogP contribution in [0.15, 0.2) is 23.7 Å². The van der Waals surface area contributed by atoms with Gasteiger partial charge in [0.05, 0.1) is 0 Å². The Labute approximate surface area is 76.7 Å². The lowest BCUT2D eigenvalue weighted by molar-refractivity contribution is 0.618. The predicted molar refractivity (Wildman–Crippen MR) is 50.6 cm³/mol. The fourth-order valence-corrected chi connectivity index (χ4v) is 1.08. The highest BCUT2D eigenvalue weighted by molar-refractivity contribution is 6.28. The van der Waals surface area contributed by atoms with Crippen LogP contribution in [0.2, 0.25) is 0 Å². The first-order valence-corrected chi connectivity index (χ1v) is 4.12. The van der Waals surface area contributed by atoms with Crippen molar-refractivity contribution in [2.24, 2.45) is 0 Å². The van der Waals surface area contributed by atoms with Crippen molar-refractivity contribution in [2.45, 2.75) is 13.8 Å². The maximum atomic E-state index is 12.8. The maximum Gasteiger partial charge on any atom is 0.126 e. The number of hydrogen-bond donors (Lipinski definition) is 0. The van der Waals surface area contributed by atoms with E-state index in [0.29, 0.717) is 5.56 Å². The summed E-state index contributed by atoms with van der Waals surface area (Å²) in [6.07, 6.45) is 0. The molecule has 12 heavy (non-hydrogen) atoms. The molecule has 0 aliphatic rings. The Bertz CT molecular complexity index is 316. The van der Waals surface area contributed by atoms with Crippen LogP contribution in [0, 0.1) is 12.7 Å². The molecule has 0 saturated carbocycles. The molecule has 1 rings (SSSR count). The van der Waals surface area contributed by atoms with E-state index in [0.717, 1.165) is 11.1 Å². The zero-order chi connectivity index (χ0) is 9.14. The molecular weight excluding hydrogens is 175 g/mol. The van der Waals surface area contributed by atoms with E-state index in [9.17, 15) is 4.39 Å². The number of hydrogen-bond acceptors (Lipinski definition) is 0. The second kappa shape index (κ2) is 3.72. The summed E-state index contributed by atoms with van der Waals surface area (Å²) in [6.45, 7) is 3.63. The van der Waals surface area contributed by atoms with Gasteiger partial charge in [-0.3, -0.25) is 0 Å². The van der Waals surface area contributed by atoms with E-state index in [4.69, 9.17) is 11.6 Å². The SMILES string of the molecule is C/C(=C/Cl)c1ccc(F)c(C)c1. The molecule has 64 valence electrons. The third kappa shape index (κ3) is 1.86. The summed E-state index contributed by atoms with van der Waals surface area (Å²) in [5.41, 5.74) is 4.04. The number of halogens is 2. The van der Waals surface area contributed by atoms with Gasteiger partial charge in [0.15, 0.2) is 0 Å². The molecular formula is C10H10ClF. The molecule has 2 heteroatoms. The minimum atomic E-state index is -0.180. The predicted octanol–water partition coefficient (Wildman–Crippen LogP) is 3.73. The number of benzene rings is 1. The Morgan fingerprint density at radius 3 is 2.67 bits per heavy atom. The van der Waals surface area contributed by atoms with Gasteiger partial charge in [-0.05, 0) is 42.7 Å². The average Bonchev–Trinajstić information content (AvgIpc) is 2.08. The van der Waals surface area contributed by atoms with Gasteiger partial charge in [-0.1, -0.05) is 17.7 Å². The van der Waals surface area contributed by atoms with Crippen molar-refractivity contribution in [3.8, 4) is 0 Å². The molecule has 0 aliphatic carbocycles. The summed E-state index contributed by atoms with van der Waals surface area (Å²) in [5.74, 6) is -0.180. The molecule has 0 aromatic heterocycles. The van der Waals surface area contributed by atoms with Crippen LogP contribution in [-0.2, 0) is 0 Å². The average molecular weight is 185 g/mol. The second-order valence-electron chi connectivity index (χ2n) is 2.76. The largest absolute Gasteiger partial charge is 0.207 e. The van der Waals surface area contributed by atoms with Crippen LogP contribution < -0.4 is 0 Å². The Morgan fingerprint density at radius 2 is 2.17 bits per heavy atom. The van der Waals surface area contributed by atoms with Crippen LogP contribution in [0.4, 0.5) is 4.39 Å². The van der Waals surface area contributed by atoms with Crippen LogP contribution in [0.3, 0.4) is 0 Å². The molecule has 0 fully saturated rings. The lowest BCUT2D eigenvalue weighted by Crippen LogP contribution is -1.85. The summed E-state index contributed by atoms with van der Waals surface area (Å²) in [7, 11) is 0. The zero-order valence-electron chi connectivity index (χ0n) is 7.07. The van der Waals surface area contributed by atoms with E-state index in [1.807, 2.05) is 6.92 Å². The van der Waals surface area contributed by atoms with Gasteiger partial charge >= 0.3 is 0 Å². The van der Waals surface area contributed by atoms with Gasteiger partial charge < -0.3 is 0 Å². The molecule has 0 bridgehead atoms. The van der Waals surface area contributed by atoms with E-state index < -0.39 is 0 Å². The molecule has 0 heterocycles. The van der Waals surface area contributed by atoms with Gasteiger partial charge in [0.2, 0.25) is 0 Å². The van der Waals surface area contributed by atoms with Crippen molar-refractivity contribution in [3.63, 3.8) is 0 Å². The monoisotopic (exact) mass is 184 g/mol. The van der Waals surface area contributed by atoms with Crippen molar-refractivity contribution >= 4 is 17.2 Å². The molecule has 0 saturated heterocycles. The van der Waals surface area contributed by atoms with E-state index in [-0.39, 0.29) is 5.82 Å². The Morgan fingerprint density at radius 1 is 1.50 bits per heavy atom. The summed E-state index contributed by atoms with van der Waals surface area (Å²) in [6, 6.07) is 4.95. The molecule has 0 radical (unpaired) electrons. The molecule has 0 unspecified atom stereocenters. The summed E-state index contributed by atoms with van der Waals surface area (Å²) < 4.78 is 12.8. The third-order valence-electron chi connectivity index (χ3n) is 1.78. The van der Waals surface area contributed by atoms with Crippen LogP contribution in [0.1, 0.15) is 18.1 Å². The van der Waals surface area contributed by atoms with Gasteiger partial charge in [0.25, 0.3) is 0 Å². The quantitative estimate of drug-likeness (QED) is 0.624. The fourth-order valence-electron chi connectivity index (χ4n) is 0.953. The first-order valence-electron chi connectivity index (χ1n) is 3.68. The molecule has 0 aliphatic heterocycles. The fraction of sp³-hybridized carbons (Fsp3) is 0.200. The van der Waals surface area contributed by atoms with Gasteiger partial charge in [0, 0.05) is 5.54 Å². The molecule has 1 aromatic carbocycles. The first-order chi connectivity index (χ1) is 5.65. The van der Waals surface area contributed by atoms with Crippen molar-refractivity contribution in [1.29, 1.82) is 0 Å². The smallest absolute Gasteiger partial charge is 0.126 e. The van der Waals surface area contributed by atoms with Crippen LogP contribution in [-0.4, -0.2) is 0 Å². The first kappa shape index (κ1) is 9.27. The summed E-state index contributed by atoms with van der Waals surface area (Å²) >= 11 is 5.52. The highest BCUT2D eigenvalue weighted by Gasteiger charge is 1.99. The standard InChI is InChI=1S/C10H10ClF/c1-7-5-9(8(2)6-11)3-4-10(7)12/h3-6H,1-2H3/b8-6-. The van der Waals surface area contributed by atoms with Crippen molar-refractivity contribution in [2.75, 3.05) is 0 Å². The minimum Gasteiger partial charge on any atom is -0.207 e. The lowest BCUT2D eigenvalue weighted by Gasteiger charge is -2.01. The van der Waals surface area contributed by atoms with Crippen LogP contribution in [0.25, 0.3) is 5.57 Å². The Kier molecular flexibility index (Phi) is 2.88. The van der Waals surface area contributed by atoms with Gasteiger partial charge in [-0.2, -0.15) is 0 Å². The Balaban J connectivity index is 3.13. The van der Waals surface area contributed by atoms with E-state index in [1.165, 1.54) is 11.6 Å². The molecule has 0 amide bonds.